The quantitative estimate of drug-likeness (QED) is 0.367. The summed E-state index contributed by atoms with van der Waals surface area (Å²) in [6.45, 7) is 0. The average molecular weight is 384 g/mol. The van der Waals surface area contributed by atoms with Crippen molar-refractivity contribution in [3.05, 3.63) is 101 Å². The summed E-state index contributed by atoms with van der Waals surface area (Å²) in [5.41, 5.74) is 3.14. The van der Waals surface area contributed by atoms with E-state index in [1.54, 1.807) is 36.5 Å². The number of anilines is 3. The van der Waals surface area contributed by atoms with Gasteiger partial charge in [0.25, 0.3) is 11.6 Å². The number of nitro benzene ring substituents is 1. The number of pyridine rings is 1. The Balaban J connectivity index is 1.56. The second kappa shape index (κ2) is 7.77. The summed E-state index contributed by atoms with van der Waals surface area (Å²) in [5.74, 6) is -0.273. The monoisotopic (exact) mass is 384 g/mol. The van der Waals surface area contributed by atoms with Gasteiger partial charge in [0.1, 0.15) is 0 Å². The summed E-state index contributed by atoms with van der Waals surface area (Å²) in [6, 6.07) is 22.5. The Hall–Kier alpha value is -4.26. The highest BCUT2D eigenvalue weighted by atomic mass is 16.6. The van der Waals surface area contributed by atoms with Crippen molar-refractivity contribution < 1.29 is 9.72 Å². The molecular formula is C22H16N4O3. The third-order valence-electron chi connectivity index (χ3n) is 4.39. The number of nitrogens with zero attached hydrogens (tertiary/aromatic N) is 2. The maximum absolute atomic E-state index is 12.8. The Morgan fingerprint density at radius 3 is 2.45 bits per heavy atom. The van der Waals surface area contributed by atoms with Gasteiger partial charge in [0.2, 0.25) is 0 Å². The van der Waals surface area contributed by atoms with Crippen molar-refractivity contribution in [2.75, 3.05) is 10.6 Å². The summed E-state index contributed by atoms with van der Waals surface area (Å²) in [5, 5.41) is 17.8. The molecule has 142 valence electrons. The Bertz CT molecular complexity index is 1210. The maximum Gasteiger partial charge on any atom is 0.269 e. The van der Waals surface area contributed by atoms with Gasteiger partial charge in [-0.2, -0.15) is 0 Å². The zero-order valence-electron chi connectivity index (χ0n) is 15.2. The molecule has 1 heterocycles. The largest absolute Gasteiger partial charge is 0.355 e. The van der Waals surface area contributed by atoms with Gasteiger partial charge < -0.3 is 10.6 Å². The van der Waals surface area contributed by atoms with Gasteiger partial charge in [-0.15, -0.1) is 0 Å². The van der Waals surface area contributed by atoms with Crippen LogP contribution >= 0.6 is 0 Å². The molecule has 29 heavy (non-hydrogen) atoms. The Morgan fingerprint density at radius 2 is 1.66 bits per heavy atom. The third-order valence-corrected chi connectivity index (χ3v) is 4.39. The van der Waals surface area contributed by atoms with Crippen molar-refractivity contribution in [3.63, 3.8) is 0 Å². The normalized spacial score (nSPS) is 10.5. The molecule has 3 aromatic carbocycles. The lowest BCUT2D eigenvalue weighted by Crippen LogP contribution is -2.13. The second-order valence-electron chi connectivity index (χ2n) is 6.34. The minimum Gasteiger partial charge on any atom is -0.355 e. The number of hydrogen-bond acceptors (Lipinski definition) is 5. The van der Waals surface area contributed by atoms with Gasteiger partial charge in [0.05, 0.1) is 21.7 Å². The number of nitrogens with one attached hydrogen (secondary N) is 2. The van der Waals surface area contributed by atoms with Crippen molar-refractivity contribution in [2.24, 2.45) is 0 Å². The topological polar surface area (TPSA) is 97.2 Å². The molecule has 0 saturated heterocycles. The molecule has 0 spiro atoms. The Labute approximate surface area is 166 Å². The molecule has 0 radical (unpaired) electrons. The highest BCUT2D eigenvalue weighted by Crippen LogP contribution is 2.24. The van der Waals surface area contributed by atoms with E-state index in [0.717, 1.165) is 10.9 Å². The van der Waals surface area contributed by atoms with Gasteiger partial charge in [0.15, 0.2) is 0 Å². The van der Waals surface area contributed by atoms with E-state index in [2.05, 4.69) is 15.6 Å². The lowest BCUT2D eigenvalue weighted by Gasteiger charge is -2.12. The highest BCUT2D eigenvalue weighted by molar-refractivity contribution is 6.09. The van der Waals surface area contributed by atoms with Crippen LogP contribution in [-0.2, 0) is 0 Å². The van der Waals surface area contributed by atoms with Gasteiger partial charge in [-0.25, -0.2) is 0 Å². The third kappa shape index (κ3) is 4.03. The molecule has 0 fully saturated rings. The molecule has 4 aromatic rings. The van der Waals surface area contributed by atoms with Crippen LogP contribution in [0, 0.1) is 10.1 Å². The number of carbonyl (C=O) groups is 1. The lowest BCUT2D eigenvalue weighted by molar-refractivity contribution is -0.384. The summed E-state index contributed by atoms with van der Waals surface area (Å²) in [4.78, 5) is 27.5. The first kappa shape index (κ1) is 18.1. The van der Waals surface area contributed by atoms with E-state index in [1.165, 1.54) is 12.1 Å². The van der Waals surface area contributed by atoms with Crippen molar-refractivity contribution in [3.8, 4) is 0 Å². The molecule has 2 N–H and O–H groups in total. The highest BCUT2D eigenvalue weighted by Gasteiger charge is 2.12. The number of aromatic nitrogens is 1. The number of hydrogen-bond donors (Lipinski definition) is 2. The second-order valence-corrected chi connectivity index (χ2v) is 6.34. The molecule has 0 saturated carbocycles. The molecule has 0 bridgehead atoms. The molecule has 1 aromatic heterocycles. The lowest BCUT2D eigenvalue weighted by atomic mass is 10.1. The summed E-state index contributed by atoms with van der Waals surface area (Å²) in [6.07, 6.45) is 1.71. The molecule has 7 heteroatoms. The van der Waals surface area contributed by atoms with Crippen LogP contribution in [-0.4, -0.2) is 15.8 Å². The van der Waals surface area contributed by atoms with Crippen LogP contribution in [0.25, 0.3) is 10.9 Å². The predicted molar refractivity (Wildman–Crippen MR) is 113 cm³/mol. The number of para-hydroxylation sites is 1. The van der Waals surface area contributed by atoms with Crippen LogP contribution in [0.4, 0.5) is 22.7 Å². The Morgan fingerprint density at radius 1 is 0.897 bits per heavy atom. The van der Waals surface area contributed by atoms with Gasteiger partial charge in [-0.1, -0.05) is 24.3 Å². The van der Waals surface area contributed by atoms with Crippen LogP contribution in [0.15, 0.2) is 85.1 Å². The minimum atomic E-state index is -0.455. The summed E-state index contributed by atoms with van der Waals surface area (Å²) >= 11 is 0. The predicted octanol–water partition coefficient (Wildman–Crippen LogP) is 5.14. The average Bonchev–Trinajstić information content (AvgIpc) is 2.74. The standard InChI is InChI=1S/C22H16N4O3/c27-22(25-17-8-7-15-4-3-13-23-21(15)14-17)19-5-1-2-6-20(19)24-16-9-11-18(12-10-16)26(28)29/h1-14,24H,(H,25,27). The van der Waals surface area contributed by atoms with Crippen LogP contribution in [0.5, 0.6) is 0 Å². The molecule has 0 unspecified atom stereocenters. The summed E-state index contributed by atoms with van der Waals surface area (Å²) in [7, 11) is 0. The smallest absolute Gasteiger partial charge is 0.269 e. The maximum atomic E-state index is 12.8. The minimum absolute atomic E-state index is 0.00601. The SMILES string of the molecule is O=C(Nc1ccc2cccnc2c1)c1ccccc1Nc1ccc([N+](=O)[O-])cc1. The molecule has 0 aliphatic carbocycles. The van der Waals surface area contributed by atoms with Gasteiger partial charge in [-0.05, 0) is 42.5 Å². The number of amides is 1. The van der Waals surface area contributed by atoms with Crippen LogP contribution in [0.3, 0.4) is 0 Å². The van der Waals surface area contributed by atoms with Crippen molar-refractivity contribution in [2.45, 2.75) is 0 Å². The zero-order chi connectivity index (χ0) is 20.2. The van der Waals surface area contributed by atoms with Crippen molar-refractivity contribution in [1.29, 1.82) is 0 Å². The number of non-ortho nitro benzene ring substituents is 1. The van der Waals surface area contributed by atoms with Crippen LogP contribution in [0.1, 0.15) is 10.4 Å². The molecule has 0 aliphatic rings. The van der Waals surface area contributed by atoms with E-state index >= 15 is 0 Å². The fourth-order valence-corrected chi connectivity index (χ4v) is 2.95. The Kier molecular flexibility index (Phi) is 4.86. The van der Waals surface area contributed by atoms with Crippen LogP contribution < -0.4 is 10.6 Å². The number of carbonyl (C=O) groups excluding carboxylic acids is 1. The van der Waals surface area contributed by atoms with Crippen LogP contribution in [0.2, 0.25) is 0 Å². The molecule has 7 nitrogen and oxygen atoms in total. The van der Waals surface area contributed by atoms with E-state index in [4.69, 9.17) is 0 Å². The number of benzene rings is 3. The first-order chi connectivity index (χ1) is 14.1. The first-order valence-electron chi connectivity index (χ1n) is 8.87. The molecule has 1 amide bonds. The fourth-order valence-electron chi connectivity index (χ4n) is 2.95. The van der Waals surface area contributed by atoms with Crippen molar-refractivity contribution >= 4 is 39.6 Å². The van der Waals surface area contributed by atoms with E-state index in [-0.39, 0.29) is 11.6 Å². The van der Waals surface area contributed by atoms with Gasteiger partial charge in [-0.3, -0.25) is 19.9 Å². The van der Waals surface area contributed by atoms with E-state index in [0.29, 0.717) is 22.6 Å². The number of rotatable bonds is 5. The molecule has 0 atom stereocenters. The molecule has 4 rings (SSSR count). The molecule has 0 aliphatic heterocycles. The number of nitro groups is 1. The zero-order valence-corrected chi connectivity index (χ0v) is 15.2. The first-order valence-corrected chi connectivity index (χ1v) is 8.87. The van der Waals surface area contributed by atoms with E-state index < -0.39 is 4.92 Å². The summed E-state index contributed by atoms with van der Waals surface area (Å²) < 4.78 is 0. The number of fused-ring (bicyclic) bond motifs is 1. The van der Waals surface area contributed by atoms with Gasteiger partial charge >= 0.3 is 0 Å². The van der Waals surface area contributed by atoms with Crippen molar-refractivity contribution in [1.82, 2.24) is 4.98 Å². The van der Waals surface area contributed by atoms with E-state index in [9.17, 15) is 14.9 Å². The fraction of sp³-hybridized carbons (Fsp3) is 0. The van der Waals surface area contributed by atoms with Gasteiger partial charge in [0, 0.05) is 35.1 Å². The molecular weight excluding hydrogens is 368 g/mol. The van der Waals surface area contributed by atoms with E-state index in [1.807, 2.05) is 36.4 Å².